The van der Waals surface area contributed by atoms with Crippen molar-refractivity contribution >= 4 is 23.5 Å². The van der Waals surface area contributed by atoms with Crippen molar-refractivity contribution in [3.05, 3.63) is 24.3 Å². The summed E-state index contributed by atoms with van der Waals surface area (Å²) in [5, 5.41) is 0. The first-order chi connectivity index (χ1) is 7.86. The predicted molar refractivity (Wildman–Crippen MR) is 69.1 cm³/mol. The minimum absolute atomic E-state index is 0.672. The number of isocyanates is 1. The van der Waals surface area contributed by atoms with Gasteiger partial charge < -0.3 is 0 Å². The Morgan fingerprint density at radius 2 is 1.94 bits per heavy atom. The molecular formula is C13H17NOS. The highest BCUT2D eigenvalue weighted by Crippen LogP contribution is 2.22. The zero-order chi connectivity index (χ0) is 11.6. The van der Waals surface area contributed by atoms with E-state index in [0.29, 0.717) is 5.69 Å². The highest BCUT2D eigenvalue weighted by molar-refractivity contribution is 7.99. The Morgan fingerprint density at radius 1 is 1.19 bits per heavy atom. The van der Waals surface area contributed by atoms with E-state index >= 15 is 0 Å². The number of thioether (sulfide) groups is 1. The Bertz CT molecular complexity index is 341. The van der Waals surface area contributed by atoms with Gasteiger partial charge in [-0.05, 0) is 36.4 Å². The molecule has 0 heterocycles. The number of hydrogen-bond donors (Lipinski definition) is 0. The van der Waals surface area contributed by atoms with Gasteiger partial charge in [-0.25, -0.2) is 4.79 Å². The van der Waals surface area contributed by atoms with E-state index in [-0.39, 0.29) is 0 Å². The fourth-order valence-electron chi connectivity index (χ4n) is 1.39. The van der Waals surface area contributed by atoms with Gasteiger partial charge in [0, 0.05) is 4.90 Å². The lowest BCUT2D eigenvalue weighted by atomic mass is 10.2. The molecule has 1 rings (SSSR count). The molecule has 0 atom stereocenters. The van der Waals surface area contributed by atoms with Gasteiger partial charge in [-0.15, -0.1) is 11.8 Å². The molecule has 0 spiro atoms. The van der Waals surface area contributed by atoms with Gasteiger partial charge in [0.1, 0.15) is 0 Å². The van der Waals surface area contributed by atoms with Crippen LogP contribution in [0.2, 0.25) is 0 Å². The first kappa shape index (κ1) is 13.0. The van der Waals surface area contributed by atoms with Crippen LogP contribution in [0.25, 0.3) is 0 Å². The van der Waals surface area contributed by atoms with Crippen LogP contribution in [0, 0.1) is 0 Å². The summed E-state index contributed by atoms with van der Waals surface area (Å²) in [6, 6.07) is 7.69. The summed E-state index contributed by atoms with van der Waals surface area (Å²) in [6.07, 6.45) is 6.73. The van der Waals surface area contributed by atoms with Crippen molar-refractivity contribution in [1.82, 2.24) is 0 Å². The average Bonchev–Trinajstić information content (AvgIpc) is 2.31. The summed E-state index contributed by atoms with van der Waals surface area (Å²) >= 11 is 1.86. The van der Waals surface area contributed by atoms with Gasteiger partial charge >= 0.3 is 0 Å². The number of rotatable bonds is 7. The molecule has 2 nitrogen and oxygen atoms in total. The van der Waals surface area contributed by atoms with Crippen molar-refractivity contribution < 1.29 is 4.79 Å². The first-order valence-corrected chi connectivity index (χ1v) is 6.66. The van der Waals surface area contributed by atoms with Gasteiger partial charge in [-0.2, -0.15) is 4.99 Å². The van der Waals surface area contributed by atoms with E-state index in [0.717, 1.165) is 5.75 Å². The summed E-state index contributed by atoms with van der Waals surface area (Å²) in [5.74, 6) is 1.16. The van der Waals surface area contributed by atoms with Crippen molar-refractivity contribution in [2.24, 2.45) is 4.99 Å². The van der Waals surface area contributed by atoms with Crippen molar-refractivity contribution in [2.45, 2.75) is 37.5 Å². The maximum atomic E-state index is 10.0. The minimum atomic E-state index is 0.672. The molecule has 3 heteroatoms. The van der Waals surface area contributed by atoms with E-state index in [1.165, 1.54) is 36.7 Å². The van der Waals surface area contributed by atoms with E-state index in [4.69, 9.17) is 0 Å². The Labute approximate surface area is 101 Å². The van der Waals surface area contributed by atoms with Crippen LogP contribution in [-0.4, -0.2) is 11.8 Å². The van der Waals surface area contributed by atoms with E-state index in [2.05, 4.69) is 11.9 Å². The van der Waals surface area contributed by atoms with Gasteiger partial charge in [0.15, 0.2) is 0 Å². The molecule has 0 aromatic heterocycles. The van der Waals surface area contributed by atoms with Crippen molar-refractivity contribution in [2.75, 3.05) is 5.75 Å². The molecule has 16 heavy (non-hydrogen) atoms. The zero-order valence-corrected chi connectivity index (χ0v) is 10.4. The van der Waals surface area contributed by atoms with Gasteiger partial charge in [0.2, 0.25) is 6.08 Å². The Hall–Kier alpha value is -1.05. The van der Waals surface area contributed by atoms with Crippen LogP contribution in [0.1, 0.15) is 32.6 Å². The SMILES string of the molecule is CCCCCCSc1ccc(N=C=O)cc1. The second-order valence-corrected chi connectivity index (χ2v) is 4.77. The van der Waals surface area contributed by atoms with Crippen LogP contribution < -0.4 is 0 Å². The topological polar surface area (TPSA) is 29.4 Å². The molecule has 0 bridgehead atoms. The molecule has 0 fully saturated rings. The number of benzene rings is 1. The number of unbranched alkanes of at least 4 members (excludes halogenated alkanes) is 3. The summed E-state index contributed by atoms with van der Waals surface area (Å²) in [7, 11) is 0. The van der Waals surface area contributed by atoms with E-state index in [1.54, 1.807) is 0 Å². The molecule has 0 N–H and O–H groups in total. The molecule has 0 amide bonds. The quantitative estimate of drug-likeness (QED) is 0.305. The molecule has 0 aliphatic heterocycles. The van der Waals surface area contributed by atoms with E-state index in [1.807, 2.05) is 36.0 Å². The minimum Gasteiger partial charge on any atom is -0.211 e. The highest BCUT2D eigenvalue weighted by atomic mass is 32.2. The molecule has 86 valence electrons. The predicted octanol–water partition coefficient (Wildman–Crippen LogP) is 4.33. The number of carbonyl (C=O) groups excluding carboxylic acids is 1. The number of hydrogen-bond acceptors (Lipinski definition) is 3. The lowest BCUT2D eigenvalue weighted by Crippen LogP contribution is -1.80. The molecule has 0 saturated heterocycles. The Kier molecular flexibility index (Phi) is 6.62. The standard InChI is InChI=1S/C13H17NOS/c1-2-3-4-5-10-16-13-8-6-12(7-9-13)14-11-15/h6-9H,2-5,10H2,1H3. The smallest absolute Gasteiger partial charge is 0.211 e. The molecule has 1 aromatic carbocycles. The van der Waals surface area contributed by atoms with Gasteiger partial charge in [-0.3, -0.25) is 0 Å². The summed E-state index contributed by atoms with van der Waals surface area (Å²) in [5.41, 5.74) is 0.672. The maximum absolute atomic E-state index is 10.0. The second kappa shape index (κ2) is 8.14. The van der Waals surface area contributed by atoms with Crippen LogP contribution in [-0.2, 0) is 4.79 Å². The van der Waals surface area contributed by atoms with Gasteiger partial charge in [0.05, 0.1) is 5.69 Å². The number of nitrogens with zero attached hydrogens (tertiary/aromatic N) is 1. The molecule has 0 radical (unpaired) electrons. The van der Waals surface area contributed by atoms with Crippen molar-refractivity contribution in [3.63, 3.8) is 0 Å². The first-order valence-electron chi connectivity index (χ1n) is 5.67. The van der Waals surface area contributed by atoms with Gasteiger partial charge in [-0.1, -0.05) is 26.2 Å². The third kappa shape index (κ3) is 5.15. The monoisotopic (exact) mass is 235 g/mol. The van der Waals surface area contributed by atoms with Crippen LogP contribution in [0.5, 0.6) is 0 Å². The lowest BCUT2D eigenvalue weighted by Gasteiger charge is -2.01. The fraction of sp³-hybridized carbons (Fsp3) is 0.462. The average molecular weight is 235 g/mol. The highest BCUT2D eigenvalue weighted by Gasteiger charge is 1.95. The molecule has 0 aliphatic rings. The molecule has 0 saturated carbocycles. The van der Waals surface area contributed by atoms with E-state index in [9.17, 15) is 4.79 Å². The zero-order valence-electron chi connectivity index (χ0n) is 9.61. The second-order valence-electron chi connectivity index (χ2n) is 3.61. The van der Waals surface area contributed by atoms with Gasteiger partial charge in [0.25, 0.3) is 0 Å². The maximum Gasteiger partial charge on any atom is 0.240 e. The van der Waals surface area contributed by atoms with E-state index < -0.39 is 0 Å². The van der Waals surface area contributed by atoms with Crippen LogP contribution >= 0.6 is 11.8 Å². The number of aliphatic imine (C=N–C) groups is 1. The normalized spacial score (nSPS) is 9.81. The molecular weight excluding hydrogens is 218 g/mol. The van der Waals surface area contributed by atoms with Crippen LogP contribution in [0.4, 0.5) is 5.69 Å². The van der Waals surface area contributed by atoms with Crippen molar-refractivity contribution in [1.29, 1.82) is 0 Å². The Morgan fingerprint density at radius 3 is 2.56 bits per heavy atom. The molecule has 1 aromatic rings. The lowest BCUT2D eigenvalue weighted by molar-refractivity contribution is 0.565. The third-order valence-corrected chi connectivity index (χ3v) is 3.38. The van der Waals surface area contributed by atoms with Crippen LogP contribution in [0.15, 0.2) is 34.2 Å². The van der Waals surface area contributed by atoms with Crippen LogP contribution in [0.3, 0.4) is 0 Å². The summed E-state index contributed by atoms with van der Waals surface area (Å²) in [6.45, 7) is 2.22. The molecule has 0 aliphatic carbocycles. The largest absolute Gasteiger partial charge is 0.240 e. The fourth-order valence-corrected chi connectivity index (χ4v) is 2.30. The third-order valence-electron chi connectivity index (χ3n) is 2.28. The summed E-state index contributed by atoms with van der Waals surface area (Å²) in [4.78, 5) is 14.8. The Balaban J connectivity index is 2.29. The molecule has 0 unspecified atom stereocenters. The van der Waals surface area contributed by atoms with Crippen molar-refractivity contribution in [3.8, 4) is 0 Å². The summed E-state index contributed by atoms with van der Waals surface area (Å²) < 4.78 is 0.